The molecule has 1 saturated heterocycles. The third kappa shape index (κ3) is 4.88. The summed E-state index contributed by atoms with van der Waals surface area (Å²) in [6.07, 6.45) is 1.51. The molecule has 160 valence electrons. The summed E-state index contributed by atoms with van der Waals surface area (Å²) < 4.78 is 18.2. The fourth-order valence-electron chi connectivity index (χ4n) is 3.48. The van der Waals surface area contributed by atoms with E-state index in [1.165, 1.54) is 35.6 Å². The van der Waals surface area contributed by atoms with Crippen LogP contribution in [0.25, 0.3) is 0 Å². The summed E-state index contributed by atoms with van der Waals surface area (Å²) >= 11 is 1.25. The van der Waals surface area contributed by atoms with Crippen LogP contribution >= 0.6 is 11.3 Å². The van der Waals surface area contributed by atoms with Gasteiger partial charge in [0.2, 0.25) is 5.01 Å². The second-order valence-corrected chi connectivity index (χ2v) is 8.21. The molecule has 0 unspecified atom stereocenters. The van der Waals surface area contributed by atoms with Crippen LogP contribution in [0, 0.1) is 5.82 Å². The van der Waals surface area contributed by atoms with Gasteiger partial charge in [0.15, 0.2) is 0 Å². The number of aromatic nitrogens is 2. The van der Waals surface area contributed by atoms with Crippen LogP contribution in [0.3, 0.4) is 0 Å². The quantitative estimate of drug-likeness (QED) is 0.649. The van der Waals surface area contributed by atoms with Gasteiger partial charge in [0.05, 0.1) is 7.11 Å². The van der Waals surface area contributed by atoms with E-state index < -0.39 is 0 Å². The Morgan fingerprint density at radius 2 is 1.87 bits per heavy atom. The molecule has 0 bridgehead atoms. The first-order valence-corrected chi connectivity index (χ1v) is 10.7. The number of halogens is 1. The maximum Gasteiger partial charge on any atom is 0.286 e. The average Bonchev–Trinajstić information content (AvgIpc) is 3.31. The van der Waals surface area contributed by atoms with Gasteiger partial charge in [-0.3, -0.25) is 9.59 Å². The number of nitrogens with zero attached hydrogens (tertiary/aromatic N) is 3. The lowest BCUT2D eigenvalue weighted by Gasteiger charge is -2.31. The van der Waals surface area contributed by atoms with Gasteiger partial charge in [0.1, 0.15) is 16.6 Å². The number of amides is 2. The number of hydrogen-bond acceptors (Lipinski definition) is 6. The van der Waals surface area contributed by atoms with E-state index in [4.69, 9.17) is 4.74 Å². The zero-order chi connectivity index (χ0) is 21.8. The molecule has 1 aromatic heterocycles. The van der Waals surface area contributed by atoms with Crippen molar-refractivity contribution in [1.29, 1.82) is 0 Å². The van der Waals surface area contributed by atoms with Crippen molar-refractivity contribution in [3.8, 4) is 5.75 Å². The molecule has 3 aromatic rings. The van der Waals surface area contributed by atoms with Crippen molar-refractivity contribution in [2.45, 2.75) is 18.8 Å². The Morgan fingerprint density at radius 3 is 2.58 bits per heavy atom. The first-order valence-electron chi connectivity index (χ1n) is 9.87. The van der Waals surface area contributed by atoms with Crippen molar-refractivity contribution in [2.75, 3.05) is 25.5 Å². The molecule has 0 atom stereocenters. The Morgan fingerprint density at radius 1 is 1.13 bits per heavy atom. The van der Waals surface area contributed by atoms with Crippen molar-refractivity contribution in [2.24, 2.45) is 0 Å². The molecule has 1 aliphatic heterocycles. The summed E-state index contributed by atoms with van der Waals surface area (Å²) in [5, 5.41) is 11.9. The second-order valence-electron chi connectivity index (χ2n) is 7.20. The molecule has 2 amide bonds. The number of methoxy groups -OCH3 is 1. The predicted octanol–water partition coefficient (Wildman–Crippen LogP) is 3.96. The summed E-state index contributed by atoms with van der Waals surface area (Å²) in [6.45, 7) is 1.22. The molecule has 31 heavy (non-hydrogen) atoms. The Hall–Kier alpha value is -3.33. The zero-order valence-electron chi connectivity index (χ0n) is 16.9. The molecule has 1 fully saturated rings. The minimum atomic E-state index is -0.374. The van der Waals surface area contributed by atoms with E-state index in [1.54, 1.807) is 25.3 Å². The van der Waals surface area contributed by atoms with Crippen LogP contribution in [0.2, 0.25) is 0 Å². The second kappa shape index (κ2) is 9.22. The highest BCUT2D eigenvalue weighted by Gasteiger charge is 2.27. The van der Waals surface area contributed by atoms with Crippen LogP contribution < -0.4 is 10.1 Å². The summed E-state index contributed by atoms with van der Waals surface area (Å²) in [7, 11) is 1.57. The van der Waals surface area contributed by atoms with Crippen LogP contribution in [-0.4, -0.2) is 47.1 Å². The van der Waals surface area contributed by atoms with Gasteiger partial charge in [-0.05, 0) is 55.3 Å². The molecule has 2 aromatic carbocycles. The van der Waals surface area contributed by atoms with Gasteiger partial charge in [-0.25, -0.2) is 4.39 Å². The van der Waals surface area contributed by atoms with Gasteiger partial charge in [-0.1, -0.05) is 17.4 Å². The molecule has 1 aliphatic rings. The van der Waals surface area contributed by atoms with Crippen molar-refractivity contribution < 1.29 is 18.7 Å². The summed E-state index contributed by atoms with van der Waals surface area (Å²) in [5.74, 6) is 0.0441. The first-order chi connectivity index (χ1) is 15.0. The van der Waals surface area contributed by atoms with E-state index in [0.29, 0.717) is 30.1 Å². The largest absolute Gasteiger partial charge is 0.497 e. The van der Waals surface area contributed by atoms with Gasteiger partial charge in [-0.2, -0.15) is 0 Å². The minimum Gasteiger partial charge on any atom is -0.497 e. The van der Waals surface area contributed by atoms with Gasteiger partial charge in [0.25, 0.3) is 11.8 Å². The highest BCUT2D eigenvalue weighted by Crippen LogP contribution is 2.31. The van der Waals surface area contributed by atoms with Crippen LogP contribution in [0.15, 0.2) is 48.5 Å². The molecule has 0 radical (unpaired) electrons. The number of nitrogens with one attached hydrogen (secondary N) is 1. The van der Waals surface area contributed by atoms with E-state index in [0.717, 1.165) is 17.8 Å². The third-order valence-electron chi connectivity index (χ3n) is 5.19. The maximum absolute atomic E-state index is 13.0. The van der Waals surface area contributed by atoms with Crippen LogP contribution in [-0.2, 0) is 0 Å². The summed E-state index contributed by atoms with van der Waals surface area (Å²) in [4.78, 5) is 27.0. The number of likely N-dealkylation sites (tertiary alicyclic amines) is 1. The lowest BCUT2D eigenvalue weighted by Crippen LogP contribution is -2.37. The van der Waals surface area contributed by atoms with Gasteiger partial charge < -0.3 is 15.0 Å². The molecular formula is C22H21FN4O3S. The normalized spacial score (nSPS) is 14.3. The molecular weight excluding hydrogens is 419 g/mol. The van der Waals surface area contributed by atoms with Crippen LogP contribution in [0.4, 0.5) is 10.1 Å². The molecule has 0 spiro atoms. The standard InChI is InChI=1S/C22H21FN4O3S/c1-30-18-4-2-3-15(13-18)22(29)27-11-9-14(10-12-27)20-25-26-21(31-20)19(28)24-17-7-5-16(23)6-8-17/h2-8,13-14H,9-12H2,1H3,(H,24,28). The minimum absolute atomic E-state index is 0.0195. The molecule has 0 aliphatic carbocycles. The molecule has 2 heterocycles. The average molecular weight is 441 g/mol. The van der Waals surface area contributed by atoms with E-state index in [-0.39, 0.29) is 28.6 Å². The SMILES string of the molecule is COc1cccc(C(=O)N2CCC(c3nnc(C(=O)Nc4ccc(F)cc4)s3)CC2)c1. The number of piperidine rings is 1. The van der Waals surface area contributed by atoms with Crippen molar-refractivity contribution in [3.05, 3.63) is 69.9 Å². The van der Waals surface area contributed by atoms with E-state index in [2.05, 4.69) is 15.5 Å². The summed E-state index contributed by atoms with van der Waals surface area (Å²) in [6, 6.07) is 12.7. The van der Waals surface area contributed by atoms with Crippen LogP contribution in [0.1, 0.15) is 43.9 Å². The molecule has 0 saturated carbocycles. The Labute approximate surface area is 182 Å². The molecule has 1 N–H and O–H groups in total. The first kappa shape index (κ1) is 20.9. The molecule has 9 heteroatoms. The Kier molecular flexibility index (Phi) is 6.22. The Bertz CT molecular complexity index is 1080. The van der Waals surface area contributed by atoms with Crippen molar-refractivity contribution in [1.82, 2.24) is 15.1 Å². The summed E-state index contributed by atoms with van der Waals surface area (Å²) in [5.41, 5.74) is 1.10. The number of carbonyl (C=O) groups excluding carboxylic acids is 2. The van der Waals surface area contributed by atoms with Gasteiger partial charge in [-0.15, -0.1) is 10.2 Å². The lowest BCUT2D eigenvalue weighted by molar-refractivity contribution is 0.0712. The predicted molar refractivity (Wildman–Crippen MR) is 115 cm³/mol. The van der Waals surface area contributed by atoms with E-state index in [9.17, 15) is 14.0 Å². The maximum atomic E-state index is 13.0. The smallest absolute Gasteiger partial charge is 0.286 e. The molecule has 4 rings (SSSR count). The van der Waals surface area contributed by atoms with Crippen LogP contribution in [0.5, 0.6) is 5.75 Å². The fourth-order valence-corrected chi connectivity index (χ4v) is 4.38. The third-order valence-corrected chi connectivity index (χ3v) is 6.27. The topological polar surface area (TPSA) is 84.4 Å². The number of benzene rings is 2. The van der Waals surface area contributed by atoms with E-state index >= 15 is 0 Å². The fraction of sp³-hybridized carbons (Fsp3) is 0.273. The van der Waals surface area contributed by atoms with Gasteiger partial charge >= 0.3 is 0 Å². The van der Waals surface area contributed by atoms with E-state index in [1.807, 2.05) is 11.0 Å². The molecule has 7 nitrogen and oxygen atoms in total. The van der Waals surface area contributed by atoms with Crippen molar-refractivity contribution in [3.63, 3.8) is 0 Å². The highest BCUT2D eigenvalue weighted by molar-refractivity contribution is 7.13. The number of ether oxygens (including phenoxy) is 1. The highest BCUT2D eigenvalue weighted by atomic mass is 32.1. The zero-order valence-corrected chi connectivity index (χ0v) is 17.7. The number of hydrogen-bond donors (Lipinski definition) is 1. The van der Waals surface area contributed by atoms with Crippen molar-refractivity contribution >= 4 is 28.8 Å². The lowest BCUT2D eigenvalue weighted by atomic mass is 9.97. The number of rotatable bonds is 5. The number of anilines is 1. The van der Waals surface area contributed by atoms with Gasteiger partial charge in [0, 0.05) is 30.3 Å². The Balaban J connectivity index is 1.35. The number of carbonyl (C=O) groups is 2. The monoisotopic (exact) mass is 440 g/mol.